The molecule has 1 saturated heterocycles. The first kappa shape index (κ1) is 33.1. The van der Waals surface area contributed by atoms with Gasteiger partial charge in [0, 0.05) is 48.6 Å². The number of sulfone groups is 1. The van der Waals surface area contributed by atoms with Gasteiger partial charge in [-0.25, -0.2) is 26.0 Å². The Hall–Kier alpha value is -4.26. The standard InChI is InChI=1S/C34H34F4N4O3S/c1-22-20-39-21-34(42-22,46(44,45)28-6-3-2-4-7-28)15-14-29-30(38)8-5-9-31(29)41-32(16-23-10-12-24(35)13-11-23)33(43)40-27-18-25(36)17-26(37)19-27/h2-13,17-19,22,32,39,41-42H,14-16,20-21H2,1H3,(H,40,43)/t22-,32-,34-/m0/s1. The van der Waals surface area contributed by atoms with Crippen molar-refractivity contribution in [1.82, 2.24) is 10.6 Å². The van der Waals surface area contributed by atoms with Gasteiger partial charge in [0.15, 0.2) is 9.84 Å². The highest BCUT2D eigenvalue weighted by Crippen LogP contribution is 2.32. The number of hydrogen-bond acceptors (Lipinski definition) is 6. The molecule has 1 aliphatic heterocycles. The summed E-state index contributed by atoms with van der Waals surface area (Å²) in [5, 5.41) is 12.0. The Morgan fingerprint density at radius 2 is 1.61 bits per heavy atom. The molecule has 0 bridgehead atoms. The third-order valence-corrected chi connectivity index (χ3v) is 10.4. The monoisotopic (exact) mass is 654 g/mol. The fourth-order valence-corrected chi connectivity index (χ4v) is 7.70. The van der Waals surface area contributed by atoms with Crippen molar-refractivity contribution in [2.75, 3.05) is 23.7 Å². The van der Waals surface area contributed by atoms with Gasteiger partial charge in [-0.05, 0) is 73.9 Å². The molecular formula is C34H34F4N4O3S. The number of hydrogen-bond donors (Lipinski definition) is 4. The van der Waals surface area contributed by atoms with Crippen LogP contribution in [0.2, 0.25) is 0 Å². The Morgan fingerprint density at radius 3 is 2.28 bits per heavy atom. The number of anilines is 2. The summed E-state index contributed by atoms with van der Waals surface area (Å²) in [6.45, 7) is 2.50. The molecule has 0 aliphatic carbocycles. The van der Waals surface area contributed by atoms with E-state index in [0.717, 1.165) is 12.1 Å². The van der Waals surface area contributed by atoms with Crippen LogP contribution in [-0.4, -0.2) is 44.4 Å². The van der Waals surface area contributed by atoms with Gasteiger partial charge in [0.05, 0.1) is 4.90 Å². The molecule has 4 aromatic rings. The molecule has 3 atom stereocenters. The van der Waals surface area contributed by atoms with E-state index in [0.29, 0.717) is 18.2 Å². The van der Waals surface area contributed by atoms with E-state index in [2.05, 4.69) is 21.3 Å². The van der Waals surface area contributed by atoms with Gasteiger partial charge >= 0.3 is 0 Å². The Kier molecular flexibility index (Phi) is 10.1. The average Bonchev–Trinajstić information content (AvgIpc) is 3.01. The van der Waals surface area contributed by atoms with E-state index in [1.165, 1.54) is 48.5 Å². The van der Waals surface area contributed by atoms with E-state index in [1.807, 2.05) is 6.92 Å². The van der Waals surface area contributed by atoms with Gasteiger partial charge in [0.2, 0.25) is 5.91 Å². The zero-order chi connectivity index (χ0) is 32.9. The predicted octanol–water partition coefficient (Wildman–Crippen LogP) is 5.59. The molecule has 242 valence electrons. The van der Waals surface area contributed by atoms with Crippen molar-refractivity contribution in [3.05, 3.63) is 125 Å². The largest absolute Gasteiger partial charge is 0.373 e. The highest BCUT2D eigenvalue weighted by molar-refractivity contribution is 7.92. The van der Waals surface area contributed by atoms with E-state index in [9.17, 15) is 26.4 Å². The molecule has 1 heterocycles. The lowest BCUT2D eigenvalue weighted by Crippen LogP contribution is -2.66. The fourth-order valence-electron chi connectivity index (χ4n) is 5.72. The number of rotatable bonds is 11. The second kappa shape index (κ2) is 14.0. The van der Waals surface area contributed by atoms with Gasteiger partial charge in [0.1, 0.15) is 34.2 Å². The quantitative estimate of drug-likeness (QED) is 0.158. The van der Waals surface area contributed by atoms with Crippen molar-refractivity contribution in [2.45, 2.75) is 48.0 Å². The second-order valence-electron chi connectivity index (χ2n) is 11.4. The first-order chi connectivity index (χ1) is 22.0. The third-order valence-electron chi connectivity index (χ3n) is 7.97. The van der Waals surface area contributed by atoms with Crippen molar-refractivity contribution in [3.8, 4) is 0 Å². The van der Waals surface area contributed by atoms with Gasteiger partial charge < -0.3 is 16.0 Å². The van der Waals surface area contributed by atoms with Crippen molar-refractivity contribution in [2.24, 2.45) is 0 Å². The van der Waals surface area contributed by atoms with Crippen LogP contribution >= 0.6 is 0 Å². The molecule has 12 heteroatoms. The Morgan fingerprint density at radius 1 is 0.913 bits per heavy atom. The zero-order valence-corrected chi connectivity index (χ0v) is 25.8. The van der Waals surface area contributed by atoms with Gasteiger partial charge in [-0.15, -0.1) is 0 Å². The zero-order valence-electron chi connectivity index (χ0n) is 25.0. The van der Waals surface area contributed by atoms with Crippen molar-refractivity contribution >= 4 is 27.1 Å². The molecule has 0 unspecified atom stereocenters. The number of amides is 1. The highest BCUT2D eigenvalue weighted by atomic mass is 32.2. The Bertz CT molecular complexity index is 1770. The highest BCUT2D eigenvalue weighted by Gasteiger charge is 2.47. The molecule has 0 spiro atoms. The first-order valence-electron chi connectivity index (χ1n) is 14.8. The number of carbonyl (C=O) groups is 1. The van der Waals surface area contributed by atoms with Gasteiger partial charge in [-0.1, -0.05) is 36.4 Å². The van der Waals surface area contributed by atoms with Crippen LogP contribution < -0.4 is 21.3 Å². The molecule has 1 amide bonds. The summed E-state index contributed by atoms with van der Waals surface area (Å²) < 4.78 is 84.9. The minimum Gasteiger partial charge on any atom is -0.373 e. The number of benzene rings is 4. The lowest BCUT2D eigenvalue weighted by Gasteiger charge is -2.41. The molecule has 0 saturated carbocycles. The predicted molar refractivity (Wildman–Crippen MR) is 169 cm³/mol. The molecule has 1 aliphatic rings. The molecule has 46 heavy (non-hydrogen) atoms. The fraction of sp³-hybridized carbons (Fsp3) is 0.265. The lowest BCUT2D eigenvalue weighted by atomic mass is 9.99. The topological polar surface area (TPSA) is 99.3 Å². The number of halogens is 4. The molecule has 7 nitrogen and oxygen atoms in total. The molecule has 0 radical (unpaired) electrons. The van der Waals surface area contributed by atoms with E-state index >= 15 is 4.39 Å². The van der Waals surface area contributed by atoms with Crippen LogP contribution in [0.5, 0.6) is 0 Å². The number of piperazine rings is 1. The van der Waals surface area contributed by atoms with Crippen molar-refractivity contribution in [3.63, 3.8) is 0 Å². The minimum atomic E-state index is -3.95. The van der Waals surface area contributed by atoms with Gasteiger partial charge in [-0.2, -0.15) is 0 Å². The molecule has 4 aromatic carbocycles. The lowest BCUT2D eigenvalue weighted by molar-refractivity contribution is -0.116. The Balaban J connectivity index is 1.46. The normalized spacial score (nSPS) is 18.9. The maximum absolute atomic E-state index is 15.5. The van der Waals surface area contributed by atoms with E-state index < -0.39 is 49.9 Å². The van der Waals surface area contributed by atoms with Crippen LogP contribution in [0.4, 0.5) is 28.9 Å². The summed E-state index contributed by atoms with van der Waals surface area (Å²) in [5.74, 6) is -3.53. The summed E-state index contributed by atoms with van der Waals surface area (Å²) in [5.41, 5.74) is 0.832. The number of carbonyl (C=O) groups excluding carboxylic acids is 1. The summed E-state index contributed by atoms with van der Waals surface area (Å²) in [6, 6.07) is 19.1. The summed E-state index contributed by atoms with van der Waals surface area (Å²) in [7, 11) is -3.95. The van der Waals surface area contributed by atoms with E-state index in [4.69, 9.17) is 0 Å². The van der Waals surface area contributed by atoms with Crippen LogP contribution in [-0.2, 0) is 27.5 Å². The number of nitrogens with one attached hydrogen (secondary N) is 4. The molecule has 4 N–H and O–H groups in total. The van der Waals surface area contributed by atoms with Gasteiger partial charge in [0.25, 0.3) is 0 Å². The van der Waals surface area contributed by atoms with E-state index in [-0.39, 0.29) is 53.7 Å². The molecule has 0 aromatic heterocycles. The summed E-state index contributed by atoms with van der Waals surface area (Å²) >= 11 is 0. The first-order valence-corrected chi connectivity index (χ1v) is 16.3. The molecular weight excluding hydrogens is 620 g/mol. The smallest absolute Gasteiger partial charge is 0.247 e. The van der Waals surface area contributed by atoms with Crippen LogP contribution in [0.3, 0.4) is 0 Å². The SMILES string of the molecule is C[C@H]1CNC[C@](CCc2c(F)cccc2N[C@@H](Cc2ccc(F)cc2)C(=O)Nc2cc(F)cc(F)c2)(S(=O)(=O)c2ccccc2)N1. The van der Waals surface area contributed by atoms with Crippen LogP contribution in [0.15, 0.2) is 95.9 Å². The summed E-state index contributed by atoms with van der Waals surface area (Å²) in [6.07, 6.45) is -0.0216. The minimum absolute atomic E-state index is 0.00538. The maximum atomic E-state index is 15.5. The maximum Gasteiger partial charge on any atom is 0.247 e. The summed E-state index contributed by atoms with van der Waals surface area (Å²) in [4.78, 5) is 12.2. The van der Waals surface area contributed by atoms with Crippen molar-refractivity contribution in [1.29, 1.82) is 0 Å². The van der Waals surface area contributed by atoms with Gasteiger partial charge in [-0.3, -0.25) is 10.1 Å². The molecule has 1 fully saturated rings. The molecule has 5 rings (SSSR count). The van der Waals surface area contributed by atoms with Crippen molar-refractivity contribution < 1.29 is 30.8 Å². The van der Waals surface area contributed by atoms with Crippen LogP contribution in [0.1, 0.15) is 24.5 Å². The second-order valence-corrected chi connectivity index (χ2v) is 13.7. The average molecular weight is 655 g/mol. The third kappa shape index (κ3) is 7.57. The van der Waals surface area contributed by atoms with Crippen LogP contribution in [0.25, 0.3) is 0 Å². The van der Waals surface area contributed by atoms with E-state index in [1.54, 1.807) is 24.3 Å². The Labute approximate surface area is 265 Å². The van der Waals surface area contributed by atoms with Crippen LogP contribution in [0, 0.1) is 23.3 Å².